The summed E-state index contributed by atoms with van der Waals surface area (Å²) < 4.78 is 32.9. The number of hydrogen-bond acceptors (Lipinski definition) is 7. The van der Waals surface area contributed by atoms with Crippen LogP contribution in [0.25, 0.3) is 0 Å². The lowest BCUT2D eigenvalue weighted by molar-refractivity contribution is 0.102. The molecule has 0 saturated heterocycles. The van der Waals surface area contributed by atoms with Gasteiger partial charge < -0.3 is 4.74 Å². The summed E-state index contributed by atoms with van der Waals surface area (Å²) in [5.41, 5.74) is 1.10. The van der Waals surface area contributed by atoms with Crippen LogP contribution in [-0.2, 0) is 16.6 Å². The molecule has 3 aromatic rings. The number of anilines is 1. The molecule has 0 aliphatic heterocycles. The first kappa shape index (κ1) is 22.2. The minimum absolute atomic E-state index is 0.0137. The van der Waals surface area contributed by atoms with E-state index in [0.29, 0.717) is 16.3 Å². The molecule has 11 heteroatoms. The summed E-state index contributed by atoms with van der Waals surface area (Å²) in [5.74, 6) is 0.214. The van der Waals surface area contributed by atoms with Crippen LogP contribution in [0, 0.1) is 0 Å². The zero-order valence-corrected chi connectivity index (χ0v) is 18.5. The van der Waals surface area contributed by atoms with Crippen LogP contribution >= 0.6 is 22.9 Å². The number of sulfonamides is 1. The zero-order valence-electron chi connectivity index (χ0n) is 16.1. The van der Waals surface area contributed by atoms with Crippen LogP contribution < -0.4 is 14.8 Å². The van der Waals surface area contributed by atoms with Crippen LogP contribution in [0.1, 0.15) is 29.8 Å². The largest absolute Gasteiger partial charge is 0.491 e. The molecule has 1 aromatic heterocycles. The van der Waals surface area contributed by atoms with E-state index in [4.69, 9.17) is 16.3 Å². The third-order valence-electron chi connectivity index (χ3n) is 3.70. The number of amides is 1. The Kier molecular flexibility index (Phi) is 7.03. The van der Waals surface area contributed by atoms with Gasteiger partial charge in [-0.2, -0.15) is 0 Å². The molecule has 0 fully saturated rings. The van der Waals surface area contributed by atoms with Gasteiger partial charge in [-0.05, 0) is 55.8 Å². The highest BCUT2D eigenvalue weighted by Crippen LogP contribution is 2.21. The van der Waals surface area contributed by atoms with Gasteiger partial charge in [0, 0.05) is 17.1 Å². The lowest BCUT2D eigenvalue weighted by Gasteiger charge is -2.11. The van der Waals surface area contributed by atoms with E-state index in [0.717, 1.165) is 16.9 Å². The third kappa shape index (κ3) is 5.99. The predicted octanol–water partition coefficient (Wildman–Crippen LogP) is 3.71. The second-order valence-corrected chi connectivity index (χ2v) is 9.83. The van der Waals surface area contributed by atoms with E-state index in [9.17, 15) is 13.2 Å². The van der Waals surface area contributed by atoms with Crippen molar-refractivity contribution in [1.29, 1.82) is 0 Å². The fourth-order valence-electron chi connectivity index (χ4n) is 2.38. The Balaban J connectivity index is 1.64. The average molecular weight is 467 g/mol. The highest BCUT2D eigenvalue weighted by atomic mass is 35.5. The highest BCUT2D eigenvalue weighted by molar-refractivity contribution is 7.91. The molecule has 1 heterocycles. The number of nitrogens with one attached hydrogen (secondary N) is 2. The quantitative estimate of drug-likeness (QED) is 0.489. The molecule has 3 rings (SSSR count). The monoisotopic (exact) mass is 466 g/mol. The Labute approximate surface area is 183 Å². The SMILES string of the molecule is CC(C)Oc1cccc(CNS(=O)(=O)c2nnc(NC(=O)c3ccc(Cl)cc3)s2)c1. The van der Waals surface area contributed by atoms with Gasteiger partial charge >= 0.3 is 0 Å². The molecule has 0 aliphatic rings. The Morgan fingerprint density at radius 2 is 1.90 bits per heavy atom. The van der Waals surface area contributed by atoms with Gasteiger partial charge in [0.15, 0.2) is 0 Å². The highest BCUT2D eigenvalue weighted by Gasteiger charge is 2.21. The van der Waals surface area contributed by atoms with Crippen molar-refractivity contribution in [2.75, 3.05) is 5.32 Å². The van der Waals surface area contributed by atoms with E-state index in [1.807, 2.05) is 13.8 Å². The van der Waals surface area contributed by atoms with Crippen LogP contribution in [0.3, 0.4) is 0 Å². The molecule has 158 valence electrons. The van der Waals surface area contributed by atoms with Crippen LogP contribution in [0.4, 0.5) is 5.13 Å². The maximum Gasteiger partial charge on any atom is 0.270 e. The van der Waals surface area contributed by atoms with Gasteiger partial charge in [0.2, 0.25) is 9.47 Å². The van der Waals surface area contributed by atoms with Gasteiger partial charge in [0.05, 0.1) is 6.10 Å². The number of halogens is 1. The number of nitrogens with zero attached hydrogens (tertiary/aromatic N) is 2. The van der Waals surface area contributed by atoms with Crippen LogP contribution in [0.2, 0.25) is 5.02 Å². The molecule has 0 aliphatic carbocycles. The topological polar surface area (TPSA) is 110 Å². The molecule has 0 unspecified atom stereocenters. The zero-order chi connectivity index (χ0) is 21.7. The molecule has 0 radical (unpaired) electrons. The number of hydrogen-bond donors (Lipinski definition) is 2. The minimum atomic E-state index is -3.89. The van der Waals surface area contributed by atoms with E-state index in [-0.39, 0.29) is 22.1 Å². The van der Waals surface area contributed by atoms with Gasteiger partial charge in [-0.25, -0.2) is 13.1 Å². The summed E-state index contributed by atoms with van der Waals surface area (Å²) in [6.07, 6.45) is 0.0137. The van der Waals surface area contributed by atoms with Crippen molar-refractivity contribution in [1.82, 2.24) is 14.9 Å². The Morgan fingerprint density at radius 1 is 1.17 bits per heavy atom. The summed E-state index contributed by atoms with van der Waals surface area (Å²) >= 11 is 6.56. The van der Waals surface area contributed by atoms with Crippen LogP contribution in [0.5, 0.6) is 5.75 Å². The van der Waals surface area contributed by atoms with Crippen molar-refractivity contribution in [3.05, 3.63) is 64.7 Å². The Bertz CT molecular complexity index is 1130. The van der Waals surface area contributed by atoms with Crippen molar-refractivity contribution in [2.24, 2.45) is 0 Å². The molecular weight excluding hydrogens is 448 g/mol. The summed E-state index contributed by atoms with van der Waals surface area (Å²) in [7, 11) is -3.89. The Morgan fingerprint density at radius 3 is 2.60 bits per heavy atom. The first-order valence-electron chi connectivity index (χ1n) is 8.88. The van der Waals surface area contributed by atoms with Crippen molar-refractivity contribution in [2.45, 2.75) is 30.8 Å². The van der Waals surface area contributed by atoms with E-state index < -0.39 is 15.9 Å². The summed E-state index contributed by atoms with van der Waals surface area (Å²) in [6.45, 7) is 3.88. The van der Waals surface area contributed by atoms with Crippen LogP contribution in [-0.4, -0.2) is 30.6 Å². The number of carbonyl (C=O) groups excluding carboxylic acids is 1. The first-order chi connectivity index (χ1) is 14.2. The lowest BCUT2D eigenvalue weighted by Crippen LogP contribution is -2.23. The van der Waals surface area contributed by atoms with Gasteiger partial charge in [-0.15, -0.1) is 10.2 Å². The number of ether oxygens (including phenoxy) is 1. The first-order valence-corrected chi connectivity index (χ1v) is 11.6. The van der Waals surface area contributed by atoms with Crippen molar-refractivity contribution in [3.63, 3.8) is 0 Å². The standard InChI is InChI=1S/C19H19ClN4O4S2/c1-12(2)28-16-5-3-4-13(10-16)11-21-30(26,27)19-24-23-18(29-19)22-17(25)14-6-8-15(20)9-7-14/h3-10,12,21H,11H2,1-2H3,(H,22,23,25). The van der Waals surface area contributed by atoms with Crippen molar-refractivity contribution in [3.8, 4) is 5.75 Å². The number of aromatic nitrogens is 2. The van der Waals surface area contributed by atoms with E-state index in [1.54, 1.807) is 48.5 Å². The molecule has 2 N–H and O–H groups in total. The van der Waals surface area contributed by atoms with Crippen LogP contribution in [0.15, 0.2) is 52.9 Å². The molecule has 0 bridgehead atoms. The molecule has 30 heavy (non-hydrogen) atoms. The Hall–Kier alpha value is -2.53. The van der Waals surface area contributed by atoms with E-state index in [2.05, 4.69) is 20.2 Å². The molecule has 0 saturated carbocycles. The third-order valence-corrected chi connectivity index (χ3v) is 6.56. The van der Waals surface area contributed by atoms with E-state index in [1.165, 1.54) is 0 Å². The van der Waals surface area contributed by atoms with E-state index >= 15 is 0 Å². The van der Waals surface area contributed by atoms with Gasteiger partial charge in [-0.1, -0.05) is 35.1 Å². The number of carbonyl (C=O) groups is 1. The second-order valence-electron chi connectivity index (χ2n) is 6.47. The van der Waals surface area contributed by atoms with Gasteiger partial charge in [0.25, 0.3) is 15.9 Å². The molecule has 2 aromatic carbocycles. The fraction of sp³-hybridized carbons (Fsp3) is 0.211. The molecule has 1 amide bonds. The average Bonchev–Trinajstić information content (AvgIpc) is 3.16. The predicted molar refractivity (Wildman–Crippen MR) is 116 cm³/mol. The fourth-order valence-corrected chi connectivity index (χ4v) is 4.46. The number of benzene rings is 2. The maximum atomic E-state index is 12.5. The lowest BCUT2D eigenvalue weighted by atomic mass is 10.2. The van der Waals surface area contributed by atoms with Crippen molar-refractivity contribution >= 4 is 44.0 Å². The summed E-state index contributed by atoms with van der Waals surface area (Å²) in [5, 5.41) is 10.5. The molecule has 0 atom stereocenters. The summed E-state index contributed by atoms with van der Waals surface area (Å²) in [4.78, 5) is 12.2. The van der Waals surface area contributed by atoms with Crippen molar-refractivity contribution < 1.29 is 17.9 Å². The van der Waals surface area contributed by atoms with Gasteiger partial charge in [0.1, 0.15) is 5.75 Å². The van der Waals surface area contributed by atoms with Gasteiger partial charge in [-0.3, -0.25) is 10.1 Å². The number of rotatable bonds is 8. The molecule has 0 spiro atoms. The minimum Gasteiger partial charge on any atom is -0.491 e. The maximum absolute atomic E-state index is 12.5. The molecular formula is C19H19ClN4O4S2. The summed E-state index contributed by atoms with van der Waals surface area (Å²) in [6, 6.07) is 13.4. The molecule has 8 nitrogen and oxygen atoms in total. The second kappa shape index (κ2) is 9.52. The normalized spacial score (nSPS) is 11.5. The smallest absolute Gasteiger partial charge is 0.270 e.